The standard InChI is InChI=1S/C14H13Cl2FN2O2/c1-7(2)13-11(16)12(14(20)21-3)18-19(13)8-4-5-9(15)10(17)6-8/h4-7H,1-3H3. The lowest BCUT2D eigenvalue weighted by Crippen LogP contribution is -2.06. The molecule has 0 N–H and O–H groups in total. The number of aromatic nitrogens is 2. The maximum Gasteiger partial charge on any atom is 0.360 e. The van der Waals surface area contributed by atoms with Crippen LogP contribution in [0.15, 0.2) is 18.2 Å². The highest BCUT2D eigenvalue weighted by Crippen LogP contribution is 2.31. The number of nitrogens with zero attached hydrogens (tertiary/aromatic N) is 2. The Morgan fingerprint density at radius 2 is 2.05 bits per heavy atom. The number of methoxy groups -OCH3 is 1. The Labute approximate surface area is 131 Å². The third-order valence-electron chi connectivity index (χ3n) is 2.93. The van der Waals surface area contributed by atoms with Gasteiger partial charge < -0.3 is 4.74 Å². The van der Waals surface area contributed by atoms with Crippen molar-refractivity contribution in [3.63, 3.8) is 0 Å². The Morgan fingerprint density at radius 3 is 2.57 bits per heavy atom. The molecule has 0 amide bonds. The summed E-state index contributed by atoms with van der Waals surface area (Å²) >= 11 is 11.9. The largest absolute Gasteiger partial charge is 0.464 e. The Kier molecular flexibility index (Phi) is 4.54. The molecule has 0 fully saturated rings. The highest BCUT2D eigenvalue weighted by Gasteiger charge is 2.25. The lowest BCUT2D eigenvalue weighted by Gasteiger charge is -2.11. The number of carbonyl (C=O) groups is 1. The Hall–Kier alpha value is -1.59. The Morgan fingerprint density at radius 1 is 1.38 bits per heavy atom. The van der Waals surface area contributed by atoms with E-state index in [-0.39, 0.29) is 21.7 Å². The minimum atomic E-state index is -0.643. The quantitative estimate of drug-likeness (QED) is 0.791. The second-order valence-corrected chi connectivity index (χ2v) is 5.49. The average Bonchev–Trinajstić information content (AvgIpc) is 2.78. The summed E-state index contributed by atoms with van der Waals surface area (Å²) in [6.07, 6.45) is 0. The topological polar surface area (TPSA) is 44.1 Å². The van der Waals surface area contributed by atoms with Crippen molar-refractivity contribution in [3.05, 3.63) is 45.4 Å². The van der Waals surface area contributed by atoms with E-state index < -0.39 is 11.8 Å². The van der Waals surface area contributed by atoms with Crippen LogP contribution in [0.4, 0.5) is 4.39 Å². The summed E-state index contributed by atoms with van der Waals surface area (Å²) in [6, 6.07) is 4.25. The highest BCUT2D eigenvalue weighted by molar-refractivity contribution is 6.34. The van der Waals surface area contributed by atoms with Gasteiger partial charge in [-0.05, 0) is 18.1 Å². The van der Waals surface area contributed by atoms with Crippen LogP contribution in [0.25, 0.3) is 5.69 Å². The van der Waals surface area contributed by atoms with Crippen LogP contribution in [0.5, 0.6) is 0 Å². The molecule has 0 aliphatic carbocycles. The zero-order chi connectivity index (χ0) is 15.7. The van der Waals surface area contributed by atoms with Crippen molar-refractivity contribution < 1.29 is 13.9 Å². The van der Waals surface area contributed by atoms with Gasteiger partial charge in [0.2, 0.25) is 0 Å². The minimum Gasteiger partial charge on any atom is -0.464 e. The summed E-state index contributed by atoms with van der Waals surface area (Å²) in [6.45, 7) is 3.79. The summed E-state index contributed by atoms with van der Waals surface area (Å²) in [4.78, 5) is 11.7. The predicted octanol–water partition coefficient (Wildman–Crippen LogP) is 4.23. The van der Waals surface area contributed by atoms with Gasteiger partial charge in [-0.25, -0.2) is 13.9 Å². The molecule has 0 spiro atoms. The van der Waals surface area contributed by atoms with Crippen molar-refractivity contribution in [2.75, 3.05) is 7.11 Å². The van der Waals surface area contributed by atoms with E-state index in [0.717, 1.165) is 0 Å². The number of ether oxygens (including phenoxy) is 1. The van der Waals surface area contributed by atoms with E-state index in [1.54, 1.807) is 6.07 Å². The molecule has 2 rings (SSSR count). The molecule has 1 aromatic heterocycles. The van der Waals surface area contributed by atoms with Gasteiger partial charge >= 0.3 is 5.97 Å². The summed E-state index contributed by atoms with van der Waals surface area (Å²) in [5, 5.41) is 4.35. The molecule has 1 heterocycles. The summed E-state index contributed by atoms with van der Waals surface area (Å²) in [7, 11) is 1.24. The number of hydrogen-bond acceptors (Lipinski definition) is 3. The fourth-order valence-electron chi connectivity index (χ4n) is 1.95. The number of benzene rings is 1. The molecule has 0 aliphatic rings. The van der Waals surface area contributed by atoms with Gasteiger partial charge in [-0.2, -0.15) is 5.10 Å². The van der Waals surface area contributed by atoms with Crippen LogP contribution >= 0.6 is 23.2 Å². The lowest BCUT2D eigenvalue weighted by atomic mass is 10.1. The van der Waals surface area contributed by atoms with Gasteiger partial charge in [0, 0.05) is 6.07 Å². The van der Waals surface area contributed by atoms with Gasteiger partial charge in [0.1, 0.15) is 5.82 Å². The van der Waals surface area contributed by atoms with E-state index in [2.05, 4.69) is 9.84 Å². The SMILES string of the molecule is COC(=O)c1nn(-c2ccc(Cl)c(F)c2)c(C(C)C)c1Cl. The second kappa shape index (κ2) is 6.03. The highest BCUT2D eigenvalue weighted by atomic mass is 35.5. The summed E-state index contributed by atoms with van der Waals surface area (Å²) in [5.74, 6) is -1.24. The molecule has 0 aliphatic heterocycles. The first-order valence-electron chi connectivity index (χ1n) is 6.19. The molecule has 0 radical (unpaired) electrons. The zero-order valence-corrected chi connectivity index (χ0v) is 13.2. The Bertz CT molecular complexity index is 699. The van der Waals surface area contributed by atoms with Crippen LogP contribution in [-0.2, 0) is 4.74 Å². The predicted molar refractivity (Wildman–Crippen MR) is 79.0 cm³/mol. The van der Waals surface area contributed by atoms with Crippen LogP contribution in [-0.4, -0.2) is 22.9 Å². The number of halogens is 3. The third kappa shape index (κ3) is 2.89. The minimum absolute atomic E-state index is 0.00164. The number of hydrogen-bond donors (Lipinski definition) is 0. The van der Waals surface area contributed by atoms with E-state index in [0.29, 0.717) is 11.4 Å². The number of carbonyl (C=O) groups excluding carboxylic acids is 1. The molecule has 112 valence electrons. The number of esters is 1. The molecule has 0 unspecified atom stereocenters. The Balaban J connectivity index is 2.67. The van der Waals surface area contributed by atoms with Crippen LogP contribution in [0.3, 0.4) is 0 Å². The van der Waals surface area contributed by atoms with Crippen molar-refractivity contribution in [2.45, 2.75) is 19.8 Å². The molecule has 7 heteroatoms. The number of rotatable bonds is 3. The van der Waals surface area contributed by atoms with Crippen LogP contribution < -0.4 is 0 Å². The molecule has 0 atom stereocenters. The first-order valence-corrected chi connectivity index (χ1v) is 6.94. The van der Waals surface area contributed by atoms with Crippen LogP contribution in [0.2, 0.25) is 10.0 Å². The van der Waals surface area contributed by atoms with E-state index >= 15 is 0 Å². The van der Waals surface area contributed by atoms with Crippen molar-refractivity contribution in [1.82, 2.24) is 9.78 Å². The molecular formula is C14H13Cl2FN2O2. The van der Waals surface area contributed by atoms with Gasteiger partial charge in [-0.1, -0.05) is 37.0 Å². The lowest BCUT2D eigenvalue weighted by molar-refractivity contribution is 0.0593. The third-order valence-corrected chi connectivity index (χ3v) is 3.61. The normalized spacial score (nSPS) is 11.0. The van der Waals surface area contributed by atoms with Gasteiger partial charge in [0.15, 0.2) is 5.69 Å². The molecular weight excluding hydrogens is 318 g/mol. The van der Waals surface area contributed by atoms with Crippen molar-refractivity contribution in [3.8, 4) is 5.69 Å². The molecule has 0 saturated heterocycles. The van der Waals surface area contributed by atoms with Crippen molar-refractivity contribution in [1.29, 1.82) is 0 Å². The van der Waals surface area contributed by atoms with E-state index in [1.807, 2.05) is 13.8 Å². The van der Waals surface area contributed by atoms with E-state index in [9.17, 15) is 9.18 Å². The van der Waals surface area contributed by atoms with Gasteiger partial charge in [0.25, 0.3) is 0 Å². The second-order valence-electron chi connectivity index (χ2n) is 4.70. The molecule has 0 bridgehead atoms. The van der Waals surface area contributed by atoms with Crippen LogP contribution in [0, 0.1) is 5.82 Å². The van der Waals surface area contributed by atoms with E-state index in [1.165, 1.54) is 23.9 Å². The monoisotopic (exact) mass is 330 g/mol. The van der Waals surface area contributed by atoms with E-state index in [4.69, 9.17) is 23.2 Å². The van der Waals surface area contributed by atoms with Crippen molar-refractivity contribution in [2.24, 2.45) is 0 Å². The molecule has 2 aromatic rings. The molecule has 1 aromatic carbocycles. The molecule has 4 nitrogen and oxygen atoms in total. The van der Waals surface area contributed by atoms with Gasteiger partial charge in [0.05, 0.1) is 28.5 Å². The average molecular weight is 331 g/mol. The summed E-state index contributed by atoms with van der Waals surface area (Å²) in [5.41, 5.74) is 1.02. The fourth-order valence-corrected chi connectivity index (χ4v) is 2.48. The fraction of sp³-hybridized carbons (Fsp3) is 0.286. The maximum absolute atomic E-state index is 13.6. The van der Waals surface area contributed by atoms with Gasteiger partial charge in [-0.3, -0.25) is 0 Å². The maximum atomic E-state index is 13.6. The van der Waals surface area contributed by atoms with Gasteiger partial charge in [-0.15, -0.1) is 0 Å². The van der Waals surface area contributed by atoms with Crippen molar-refractivity contribution >= 4 is 29.2 Å². The zero-order valence-electron chi connectivity index (χ0n) is 11.7. The first kappa shape index (κ1) is 15.8. The molecule has 21 heavy (non-hydrogen) atoms. The molecule has 0 saturated carbocycles. The summed E-state index contributed by atoms with van der Waals surface area (Å²) < 4.78 is 19.7. The first-order chi connectivity index (χ1) is 9.86. The smallest absolute Gasteiger partial charge is 0.360 e. The van der Waals surface area contributed by atoms with Crippen LogP contribution in [0.1, 0.15) is 35.9 Å².